The Morgan fingerprint density at radius 1 is 1.69 bits per heavy atom. The van der Waals surface area contributed by atoms with Crippen molar-refractivity contribution in [1.82, 2.24) is 15.2 Å². The van der Waals surface area contributed by atoms with E-state index in [0.29, 0.717) is 6.54 Å². The van der Waals surface area contributed by atoms with Crippen LogP contribution in [0.1, 0.15) is 23.8 Å². The van der Waals surface area contributed by atoms with Gasteiger partial charge in [-0.1, -0.05) is 6.92 Å². The van der Waals surface area contributed by atoms with Crippen molar-refractivity contribution in [3.8, 4) is 0 Å². The highest BCUT2D eigenvalue weighted by atomic mass is 16.6. The number of rotatable bonds is 2. The van der Waals surface area contributed by atoms with Gasteiger partial charge in [0.2, 0.25) is 11.5 Å². The molecule has 1 saturated heterocycles. The molecule has 7 nitrogen and oxygen atoms in total. The molecule has 16 heavy (non-hydrogen) atoms. The second kappa shape index (κ2) is 4.09. The number of carbonyl (C=O) groups is 1. The number of hydrogen-bond donors (Lipinski definition) is 2. The lowest BCUT2D eigenvalue weighted by Crippen LogP contribution is -2.40. The second-order valence-corrected chi connectivity index (χ2v) is 4.01. The van der Waals surface area contributed by atoms with Gasteiger partial charge in [-0.15, -0.1) is 0 Å². The highest BCUT2D eigenvalue weighted by molar-refractivity contribution is 5.96. The molecule has 1 aromatic heterocycles. The zero-order valence-electron chi connectivity index (χ0n) is 8.96. The molecule has 1 aliphatic rings. The van der Waals surface area contributed by atoms with Crippen LogP contribution in [0.3, 0.4) is 0 Å². The van der Waals surface area contributed by atoms with Gasteiger partial charge in [-0.25, -0.2) is 4.63 Å². The fourth-order valence-corrected chi connectivity index (χ4v) is 2.02. The average molecular weight is 226 g/mol. The molecule has 1 aliphatic heterocycles. The molecule has 0 spiro atoms. The largest absolute Gasteiger partial charge is 0.394 e. The monoisotopic (exact) mass is 226 g/mol. The third kappa shape index (κ3) is 1.63. The van der Waals surface area contributed by atoms with Crippen LogP contribution in [0.25, 0.3) is 0 Å². The van der Waals surface area contributed by atoms with Gasteiger partial charge in [0.1, 0.15) is 0 Å². The van der Waals surface area contributed by atoms with Gasteiger partial charge in [0, 0.05) is 6.54 Å². The molecule has 88 valence electrons. The van der Waals surface area contributed by atoms with Crippen LogP contribution < -0.4 is 5.73 Å². The third-order valence-electron chi connectivity index (χ3n) is 3.05. The van der Waals surface area contributed by atoms with Crippen LogP contribution >= 0.6 is 0 Å². The van der Waals surface area contributed by atoms with E-state index in [0.717, 1.165) is 6.42 Å². The fourth-order valence-electron chi connectivity index (χ4n) is 2.02. The highest BCUT2D eigenvalue weighted by Crippen LogP contribution is 2.25. The van der Waals surface area contributed by atoms with Crippen molar-refractivity contribution in [3.05, 3.63) is 5.69 Å². The topological polar surface area (TPSA) is 105 Å². The number of aliphatic hydroxyl groups excluding tert-OH is 1. The van der Waals surface area contributed by atoms with Gasteiger partial charge in [0.25, 0.3) is 5.91 Å². The lowest BCUT2D eigenvalue weighted by Gasteiger charge is -2.24. The van der Waals surface area contributed by atoms with E-state index >= 15 is 0 Å². The molecule has 0 radical (unpaired) electrons. The van der Waals surface area contributed by atoms with E-state index in [1.54, 1.807) is 4.90 Å². The lowest BCUT2D eigenvalue weighted by atomic mass is 10.0. The number of anilines is 1. The minimum atomic E-state index is -0.331. The molecule has 2 atom stereocenters. The van der Waals surface area contributed by atoms with Crippen LogP contribution in [-0.4, -0.2) is 45.4 Å². The minimum Gasteiger partial charge on any atom is -0.394 e. The predicted molar refractivity (Wildman–Crippen MR) is 54.4 cm³/mol. The van der Waals surface area contributed by atoms with Gasteiger partial charge in [-0.05, 0) is 22.7 Å². The van der Waals surface area contributed by atoms with Crippen molar-refractivity contribution in [3.63, 3.8) is 0 Å². The first-order valence-corrected chi connectivity index (χ1v) is 5.15. The lowest BCUT2D eigenvalue weighted by molar-refractivity contribution is 0.0638. The summed E-state index contributed by atoms with van der Waals surface area (Å²) in [6.45, 7) is 2.54. The molecule has 0 aliphatic carbocycles. The van der Waals surface area contributed by atoms with E-state index in [1.807, 2.05) is 6.92 Å². The summed E-state index contributed by atoms with van der Waals surface area (Å²) >= 11 is 0. The normalized spacial score (nSPS) is 25.0. The van der Waals surface area contributed by atoms with Crippen LogP contribution in [0.2, 0.25) is 0 Å². The van der Waals surface area contributed by atoms with E-state index in [9.17, 15) is 9.90 Å². The molecule has 1 amide bonds. The summed E-state index contributed by atoms with van der Waals surface area (Å²) in [6.07, 6.45) is 0.863. The third-order valence-corrected chi connectivity index (χ3v) is 3.05. The van der Waals surface area contributed by atoms with E-state index in [-0.39, 0.29) is 36.0 Å². The zero-order valence-corrected chi connectivity index (χ0v) is 8.96. The number of hydrogen-bond acceptors (Lipinski definition) is 6. The SMILES string of the molecule is CC1CCN(C(=O)c2nonc2N)C1CO. The maximum absolute atomic E-state index is 12.0. The molecule has 3 N–H and O–H groups in total. The second-order valence-electron chi connectivity index (χ2n) is 4.01. The zero-order chi connectivity index (χ0) is 11.7. The molecule has 2 rings (SSSR count). The van der Waals surface area contributed by atoms with Crippen molar-refractivity contribution in [2.45, 2.75) is 19.4 Å². The number of nitrogens with zero attached hydrogens (tertiary/aromatic N) is 3. The number of likely N-dealkylation sites (tertiary alicyclic amines) is 1. The first-order valence-electron chi connectivity index (χ1n) is 5.15. The number of nitrogens with two attached hydrogens (primary N) is 1. The Labute approximate surface area is 92.2 Å². The van der Waals surface area contributed by atoms with Crippen LogP contribution in [0.5, 0.6) is 0 Å². The smallest absolute Gasteiger partial charge is 0.280 e. The number of nitrogen functional groups attached to an aromatic ring is 1. The van der Waals surface area contributed by atoms with Crippen molar-refractivity contribution in [2.24, 2.45) is 5.92 Å². The minimum absolute atomic E-state index is 0.0127. The fraction of sp³-hybridized carbons (Fsp3) is 0.667. The van der Waals surface area contributed by atoms with Crippen LogP contribution in [0.15, 0.2) is 4.63 Å². The maximum atomic E-state index is 12.0. The van der Waals surface area contributed by atoms with Gasteiger partial charge < -0.3 is 15.7 Å². The molecule has 7 heteroatoms. The molecular formula is C9H14N4O3. The van der Waals surface area contributed by atoms with Gasteiger partial charge >= 0.3 is 0 Å². The molecule has 0 saturated carbocycles. The summed E-state index contributed by atoms with van der Waals surface area (Å²) in [5, 5.41) is 16.1. The van der Waals surface area contributed by atoms with Gasteiger partial charge in [-0.3, -0.25) is 4.79 Å². The molecule has 2 unspecified atom stereocenters. The average Bonchev–Trinajstić information content (AvgIpc) is 2.83. The first kappa shape index (κ1) is 10.9. The van der Waals surface area contributed by atoms with Gasteiger partial charge in [0.05, 0.1) is 12.6 Å². The quantitative estimate of drug-likeness (QED) is 0.703. The van der Waals surface area contributed by atoms with E-state index in [1.165, 1.54) is 0 Å². The summed E-state index contributed by atoms with van der Waals surface area (Å²) in [5.74, 6) is -0.0709. The Bertz CT molecular complexity index is 392. The Hall–Kier alpha value is -1.63. The molecule has 2 heterocycles. The summed E-state index contributed by atoms with van der Waals surface area (Å²) in [5.41, 5.74) is 5.47. The summed E-state index contributed by atoms with van der Waals surface area (Å²) in [4.78, 5) is 13.6. The Balaban J connectivity index is 2.20. The standard InChI is InChI=1S/C9H14N4O3/c1-5-2-3-13(6(5)4-14)9(15)7-8(10)12-16-11-7/h5-6,14H,2-4H2,1H3,(H2,10,12). The van der Waals surface area contributed by atoms with Crippen LogP contribution in [-0.2, 0) is 0 Å². The van der Waals surface area contributed by atoms with Crippen molar-refractivity contribution >= 4 is 11.7 Å². The summed E-state index contributed by atoms with van der Waals surface area (Å²) in [6, 6.07) is -0.177. The number of carbonyl (C=O) groups excluding carboxylic acids is 1. The summed E-state index contributed by atoms with van der Waals surface area (Å²) < 4.78 is 4.39. The molecule has 1 aromatic rings. The number of aliphatic hydroxyl groups is 1. The Morgan fingerprint density at radius 2 is 2.44 bits per heavy atom. The number of aromatic nitrogens is 2. The highest BCUT2D eigenvalue weighted by Gasteiger charge is 2.36. The Morgan fingerprint density at radius 3 is 3.00 bits per heavy atom. The molecular weight excluding hydrogens is 212 g/mol. The van der Waals surface area contributed by atoms with E-state index in [4.69, 9.17) is 5.73 Å². The Kier molecular flexibility index (Phi) is 2.78. The van der Waals surface area contributed by atoms with Crippen molar-refractivity contribution in [1.29, 1.82) is 0 Å². The van der Waals surface area contributed by atoms with Crippen molar-refractivity contribution < 1.29 is 14.5 Å². The van der Waals surface area contributed by atoms with E-state index in [2.05, 4.69) is 14.9 Å². The first-order chi connectivity index (χ1) is 7.65. The molecule has 0 aromatic carbocycles. The van der Waals surface area contributed by atoms with Crippen LogP contribution in [0.4, 0.5) is 5.82 Å². The molecule has 0 bridgehead atoms. The van der Waals surface area contributed by atoms with Gasteiger partial charge in [0.15, 0.2) is 0 Å². The van der Waals surface area contributed by atoms with E-state index < -0.39 is 0 Å². The molecule has 1 fully saturated rings. The van der Waals surface area contributed by atoms with Gasteiger partial charge in [-0.2, -0.15) is 0 Å². The van der Waals surface area contributed by atoms with Crippen LogP contribution in [0, 0.1) is 5.92 Å². The number of amides is 1. The predicted octanol–water partition coefficient (Wildman–Crippen LogP) is -0.505. The maximum Gasteiger partial charge on any atom is 0.280 e. The van der Waals surface area contributed by atoms with Crippen molar-refractivity contribution in [2.75, 3.05) is 18.9 Å². The summed E-state index contributed by atoms with van der Waals surface area (Å²) in [7, 11) is 0.